The maximum atomic E-state index is 13.8. The molecule has 9 heteroatoms. The summed E-state index contributed by atoms with van der Waals surface area (Å²) in [6, 6.07) is 15.6. The molecule has 2 aliphatic heterocycles. The molecule has 4 rings (SSSR count). The predicted molar refractivity (Wildman–Crippen MR) is 158 cm³/mol. The van der Waals surface area contributed by atoms with E-state index < -0.39 is 6.03 Å². The number of rotatable bonds is 5. The van der Waals surface area contributed by atoms with Crippen molar-refractivity contribution in [2.45, 2.75) is 58.8 Å². The van der Waals surface area contributed by atoms with Crippen molar-refractivity contribution in [1.29, 1.82) is 0 Å². The van der Waals surface area contributed by atoms with Crippen LogP contribution >= 0.6 is 23.2 Å². The number of primary amides is 1. The van der Waals surface area contributed by atoms with Gasteiger partial charge in [-0.3, -0.25) is 14.6 Å². The highest BCUT2D eigenvalue weighted by molar-refractivity contribution is 6.30. The Labute approximate surface area is 242 Å². The minimum atomic E-state index is -0.402. The molecular formula is C30H41Cl2N5O2. The van der Waals surface area contributed by atoms with Gasteiger partial charge in [-0.2, -0.15) is 0 Å². The van der Waals surface area contributed by atoms with Crippen molar-refractivity contribution in [3.63, 3.8) is 0 Å². The van der Waals surface area contributed by atoms with Gasteiger partial charge in [-0.15, -0.1) is 0 Å². The molecule has 0 radical (unpaired) electrons. The van der Waals surface area contributed by atoms with E-state index in [4.69, 9.17) is 28.9 Å². The van der Waals surface area contributed by atoms with E-state index in [0.717, 1.165) is 24.2 Å². The lowest BCUT2D eigenvalue weighted by Crippen LogP contribution is -2.64. The lowest BCUT2D eigenvalue weighted by atomic mass is 9.83. The van der Waals surface area contributed by atoms with Gasteiger partial charge < -0.3 is 15.5 Å². The fourth-order valence-corrected chi connectivity index (χ4v) is 6.51. The maximum absolute atomic E-state index is 13.8. The first-order chi connectivity index (χ1) is 18.3. The van der Waals surface area contributed by atoms with Crippen LogP contribution in [0.2, 0.25) is 10.0 Å². The molecule has 0 spiro atoms. The molecule has 0 aromatic heterocycles. The highest BCUT2D eigenvalue weighted by Gasteiger charge is 2.41. The third-order valence-corrected chi connectivity index (χ3v) is 8.58. The van der Waals surface area contributed by atoms with Crippen LogP contribution in [0.5, 0.6) is 0 Å². The second-order valence-electron chi connectivity index (χ2n) is 12.1. The largest absolute Gasteiger partial charge is 0.351 e. The molecule has 3 amide bonds. The van der Waals surface area contributed by atoms with Crippen LogP contribution in [0, 0.1) is 5.41 Å². The summed E-state index contributed by atoms with van der Waals surface area (Å²) >= 11 is 12.4. The normalized spacial score (nSPS) is 23.3. The number of hydrogen-bond donors (Lipinski definition) is 1. The van der Waals surface area contributed by atoms with Crippen LogP contribution in [0.25, 0.3) is 0 Å². The highest BCUT2D eigenvalue weighted by atomic mass is 35.5. The molecule has 0 aliphatic carbocycles. The Morgan fingerprint density at radius 1 is 0.872 bits per heavy atom. The van der Waals surface area contributed by atoms with Crippen molar-refractivity contribution in [2.24, 2.45) is 11.1 Å². The zero-order valence-corrected chi connectivity index (χ0v) is 25.1. The molecule has 2 heterocycles. The summed E-state index contributed by atoms with van der Waals surface area (Å²) in [5.41, 5.74) is 7.78. The van der Waals surface area contributed by atoms with Crippen molar-refractivity contribution in [3.05, 3.63) is 69.7 Å². The molecular weight excluding hydrogens is 533 g/mol. The molecule has 2 aliphatic rings. The summed E-state index contributed by atoms with van der Waals surface area (Å²) in [4.78, 5) is 34.1. The maximum Gasteiger partial charge on any atom is 0.315 e. The van der Waals surface area contributed by atoms with Gasteiger partial charge in [0, 0.05) is 60.9 Å². The van der Waals surface area contributed by atoms with Gasteiger partial charge in [0.25, 0.3) is 0 Å². The van der Waals surface area contributed by atoms with Crippen LogP contribution < -0.4 is 5.73 Å². The number of piperazine rings is 2. The molecule has 7 nitrogen and oxygen atoms in total. The number of benzene rings is 2. The molecule has 0 bridgehead atoms. The highest BCUT2D eigenvalue weighted by Crippen LogP contribution is 2.36. The van der Waals surface area contributed by atoms with E-state index in [1.54, 1.807) is 4.90 Å². The van der Waals surface area contributed by atoms with Gasteiger partial charge in [-0.05, 0) is 54.7 Å². The Bertz CT molecular complexity index is 1090. The first-order valence-electron chi connectivity index (χ1n) is 13.7. The summed E-state index contributed by atoms with van der Waals surface area (Å²) in [6.07, 6.45) is 0. The van der Waals surface area contributed by atoms with Crippen molar-refractivity contribution >= 4 is 35.1 Å². The lowest BCUT2D eigenvalue weighted by Gasteiger charge is -2.50. The van der Waals surface area contributed by atoms with Gasteiger partial charge in [0.1, 0.15) is 0 Å². The zero-order valence-electron chi connectivity index (χ0n) is 23.6. The van der Waals surface area contributed by atoms with Crippen LogP contribution in [0.15, 0.2) is 48.5 Å². The van der Waals surface area contributed by atoms with Crippen LogP contribution in [-0.2, 0) is 4.79 Å². The number of urea groups is 1. The van der Waals surface area contributed by atoms with Gasteiger partial charge in [0.05, 0.1) is 12.6 Å². The van der Waals surface area contributed by atoms with E-state index in [0.29, 0.717) is 36.2 Å². The summed E-state index contributed by atoms with van der Waals surface area (Å²) in [6.45, 7) is 14.3. The Kier molecular flexibility index (Phi) is 9.16. The number of halogens is 2. The third kappa shape index (κ3) is 6.88. The average molecular weight is 575 g/mol. The number of amides is 3. The number of hydrogen-bond acceptors (Lipinski definition) is 4. The third-order valence-electron chi connectivity index (χ3n) is 8.08. The fraction of sp³-hybridized carbons (Fsp3) is 0.533. The second-order valence-corrected chi connectivity index (χ2v) is 13.0. The Hall–Kier alpha value is -2.32. The van der Waals surface area contributed by atoms with Crippen LogP contribution in [-0.4, -0.2) is 88.9 Å². The van der Waals surface area contributed by atoms with E-state index in [2.05, 4.69) is 59.7 Å². The van der Waals surface area contributed by atoms with Crippen molar-refractivity contribution in [1.82, 2.24) is 19.6 Å². The molecule has 2 aromatic rings. The van der Waals surface area contributed by atoms with E-state index in [1.807, 2.05) is 38.1 Å². The van der Waals surface area contributed by atoms with Gasteiger partial charge in [0.2, 0.25) is 5.91 Å². The number of nitrogens with two attached hydrogens (primary N) is 1. The first kappa shape index (κ1) is 29.7. The quantitative estimate of drug-likeness (QED) is 0.539. The van der Waals surface area contributed by atoms with Gasteiger partial charge in [-0.1, -0.05) is 68.2 Å². The number of carbonyl (C=O) groups is 2. The van der Waals surface area contributed by atoms with E-state index in [1.165, 1.54) is 0 Å². The van der Waals surface area contributed by atoms with E-state index >= 15 is 0 Å². The van der Waals surface area contributed by atoms with Gasteiger partial charge in [-0.25, -0.2) is 4.79 Å². The lowest BCUT2D eigenvalue weighted by molar-refractivity contribution is -0.142. The second kappa shape index (κ2) is 12.0. The molecule has 3 atom stereocenters. The molecule has 2 N–H and O–H groups in total. The summed E-state index contributed by atoms with van der Waals surface area (Å²) in [5.74, 6) is 0.135. The summed E-state index contributed by atoms with van der Waals surface area (Å²) in [7, 11) is 0. The average Bonchev–Trinajstić information content (AvgIpc) is 2.85. The molecule has 3 unspecified atom stereocenters. The minimum absolute atomic E-state index is 0.0187. The zero-order chi connectivity index (χ0) is 28.5. The minimum Gasteiger partial charge on any atom is -0.351 e. The summed E-state index contributed by atoms with van der Waals surface area (Å²) in [5, 5.41) is 1.41. The smallest absolute Gasteiger partial charge is 0.315 e. The number of nitrogens with zero attached hydrogens (tertiary/aromatic N) is 4. The molecule has 39 heavy (non-hydrogen) atoms. The number of carbonyl (C=O) groups excluding carboxylic acids is 2. The molecule has 0 saturated carbocycles. The first-order valence-corrected chi connectivity index (χ1v) is 14.4. The van der Waals surface area contributed by atoms with Gasteiger partial charge in [0.15, 0.2) is 0 Å². The van der Waals surface area contributed by atoms with Crippen LogP contribution in [0.1, 0.15) is 51.8 Å². The molecule has 2 fully saturated rings. The van der Waals surface area contributed by atoms with Crippen molar-refractivity contribution in [2.75, 3.05) is 39.3 Å². The monoisotopic (exact) mass is 573 g/mol. The Morgan fingerprint density at radius 2 is 1.36 bits per heavy atom. The van der Waals surface area contributed by atoms with Crippen molar-refractivity contribution < 1.29 is 9.59 Å². The van der Waals surface area contributed by atoms with Crippen molar-refractivity contribution in [3.8, 4) is 0 Å². The molecule has 2 aromatic carbocycles. The fourth-order valence-electron chi connectivity index (χ4n) is 6.26. The predicted octanol–water partition coefficient (Wildman–Crippen LogP) is 5.12. The van der Waals surface area contributed by atoms with Crippen LogP contribution in [0.4, 0.5) is 4.79 Å². The summed E-state index contributed by atoms with van der Waals surface area (Å²) < 4.78 is 0. The van der Waals surface area contributed by atoms with Crippen LogP contribution in [0.3, 0.4) is 0 Å². The Balaban J connectivity index is 1.55. The van der Waals surface area contributed by atoms with Gasteiger partial charge >= 0.3 is 6.03 Å². The van der Waals surface area contributed by atoms with E-state index in [9.17, 15) is 9.59 Å². The topological polar surface area (TPSA) is 73.1 Å². The van der Waals surface area contributed by atoms with E-state index in [-0.39, 0.29) is 35.5 Å². The SMILES string of the molecule is CC1CN(CC(=O)N2CCN(C(c3ccc(Cl)cc3)c3ccc(Cl)cc3)CC2C(C)(C)C)CC(C)N1C(N)=O. The standard InChI is InChI=1S/C30H41Cl2N5O2/c1-20-16-34(17-21(2)37(20)29(33)39)19-27(38)36-15-14-35(18-26(36)30(3,4)5)28(22-6-10-24(31)11-7-22)23-8-12-25(32)13-9-23/h6-13,20-21,26,28H,14-19H2,1-5H3,(H2,33,39). The Morgan fingerprint density at radius 3 is 1.79 bits per heavy atom. The molecule has 2 saturated heterocycles. The molecule has 212 valence electrons.